The molecule has 1 aromatic heterocycles. The maximum absolute atomic E-state index is 13.6. The number of benzene rings is 1. The Balaban J connectivity index is 1.63. The molecule has 1 aromatic carbocycles. The number of rotatable bonds is 56. The Bertz CT molecular complexity index is 2080. The highest BCUT2D eigenvalue weighted by Gasteiger charge is 2.34. The number of nitrogens with zero attached hydrogens (tertiary/aromatic N) is 5. The molecule has 0 aliphatic carbocycles. The van der Waals surface area contributed by atoms with E-state index < -0.39 is 23.4 Å². The van der Waals surface area contributed by atoms with Crippen molar-refractivity contribution in [3.05, 3.63) is 53.1 Å². The molecular formula is C61H106N10O12. The SMILES string of the molecule is C=CCCCn1nc(C(=O)N[C@H](C(=O)NCCOCCOCCOCCNC(=O)CC[C@H](NC(=O)CCOCCOCCOCCOCCN=[N+]=[N-])C(=O)NCCCCCCCCCCCCCCCCCC)C(C)(C)C)c2ccccc21. The van der Waals surface area contributed by atoms with Crippen molar-refractivity contribution < 1.29 is 57.1 Å². The van der Waals surface area contributed by atoms with E-state index in [9.17, 15) is 24.0 Å². The van der Waals surface area contributed by atoms with Crippen molar-refractivity contribution in [1.29, 1.82) is 0 Å². The molecule has 0 radical (unpaired) electrons. The van der Waals surface area contributed by atoms with E-state index >= 15 is 0 Å². The summed E-state index contributed by atoms with van der Waals surface area (Å²) in [5, 5.41) is 23.1. The molecule has 2 atom stereocenters. The van der Waals surface area contributed by atoms with Gasteiger partial charge in [0.05, 0.1) is 98.0 Å². The molecule has 0 saturated carbocycles. The van der Waals surface area contributed by atoms with Crippen molar-refractivity contribution in [2.45, 2.75) is 181 Å². The summed E-state index contributed by atoms with van der Waals surface area (Å²) in [4.78, 5) is 68.6. The topological polar surface area (TPSA) is 277 Å². The number of aryl methyl sites for hydroxylation is 1. The fraction of sp³-hybridized carbons (Fsp3) is 0.770. The van der Waals surface area contributed by atoms with Crippen molar-refractivity contribution >= 4 is 40.4 Å². The average molecular weight is 1170 g/mol. The van der Waals surface area contributed by atoms with Gasteiger partial charge in [-0.3, -0.25) is 28.7 Å². The monoisotopic (exact) mass is 1170 g/mol. The summed E-state index contributed by atoms with van der Waals surface area (Å²) < 4.78 is 40.5. The Hall–Kier alpha value is -5.19. The first-order chi connectivity index (χ1) is 40.4. The van der Waals surface area contributed by atoms with E-state index in [1.807, 2.05) is 55.8 Å². The summed E-state index contributed by atoms with van der Waals surface area (Å²) in [5.41, 5.74) is 8.82. The lowest BCUT2D eigenvalue weighted by Gasteiger charge is -2.30. The first-order valence-electron chi connectivity index (χ1n) is 31.0. The number of para-hydroxylation sites is 1. The van der Waals surface area contributed by atoms with Crippen LogP contribution in [0, 0.1) is 5.41 Å². The Kier molecular flexibility index (Phi) is 44.7. The van der Waals surface area contributed by atoms with E-state index in [-0.39, 0.29) is 94.6 Å². The molecular weight excluding hydrogens is 1060 g/mol. The Morgan fingerprint density at radius 1 is 0.602 bits per heavy atom. The van der Waals surface area contributed by atoms with Crippen LogP contribution < -0.4 is 26.6 Å². The van der Waals surface area contributed by atoms with Crippen molar-refractivity contribution in [2.24, 2.45) is 10.5 Å². The maximum Gasteiger partial charge on any atom is 0.273 e. The van der Waals surface area contributed by atoms with Gasteiger partial charge in [-0.25, -0.2) is 0 Å². The predicted molar refractivity (Wildman–Crippen MR) is 324 cm³/mol. The molecule has 0 aliphatic rings. The second-order valence-corrected chi connectivity index (χ2v) is 21.7. The second kappa shape index (κ2) is 50.2. The summed E-state index contributed by atoms with van der Waals surface area (Å²) in [6.07, 6.45) is 23.9. The highest BCUT2D eigenvalue weighted by atomic mass is 16.6. The van der Waals surface area contributed by atoms with Gasteiger partial charge in [-0.1, -0.05) is 153 Å². The summed E-state index contributed by atoms with van der Waals surface area (Å²) in [6, 6.07) is 5.87. The summed E-state index contributed by atoms with van der Waals surface area (Å²) in [6.45, 7) is 18.0. The quantitative estimate of drug-likeness (QED) is 0.0136. The van der Waals surface area contributed by atoms with Crippen LogP contribution in [0.1, 0.15) is 173 Å². The van der Waals surface area contributed by atoms with E-state index in [0.717, 1.165) is 43.0 Å². The fourth-order valence-electron chi connectivity index (χ4n) is 8.86. The fourth-order valence-corrected chi connectivity index (χ4v) is 8.86. The summed E-state index contributed by atoms with van der Waals surface area (Å²) in [7, 11) is 0. The molecule has 472 valence electrons. The van der Waals surface area contributed by atoms with Crippen LogP contribution >= 0.6 is 0 Å². The number of unbranched alkanes of at least 4 members (excludes halogenated alkanes) is 16. The van der Waals surface area contributed by atoms with Crippen LogP contribution in [0.3, 0.4) is 0 Å². The van der Waals surface area contributed by atoms with Gasteiger partial charge in [0.2, 0.25) is 23.6 Å². The standard InChI is InChI=1S/C61H106N10O12/c1-6-8-10-11-12-13-14-15-16-17-18-19-20-21-22-25-32-64-58(74)52(67-55(73)31-37-77-41-45-81-49-50-83-48-44-80-40-35-66-70-62)29-30-54(72)63-33-38-78-42-46-82-47-43-79-39-34-65-60(76)57(61(3,4)5)68-59(75)56-51-27-23-24-28-53(51)71(69-56)36-26-9-7-2/h7,23-24,27-28,52,57H,2,6,8-22,25-26,29-50H2,1,3-5H3,(H,63,72)(H,64,74)(H,65,76)(H,67,73)(H,68,75)/t52-,57+/m0/s1. The predicted octanol–water partition coefficient (Wildman–Crippen LogP) is 8.84. The number of azide groups is 1. The normalized spacial score (nSPS) is 12.1. The van der Waals surface area contributed by atoms with Crippen LogP contribution in [0.5, 0.6) is 0 Å². The number of allylic oxidation sites excluding steroid dienone is 1. The third-order valence-corrected chi connectivity index (χ3v) is 13.5. The van der Waals surface area contributed by atoms with Crippen molar-refractivity contribution in [1.82, 2.24) is 36.4 Å². The van der Waals surface area contributed by atoms with Crippen molar-refractivity contribution in [3.8, 4) is 0 Å². The zero-order chi connectivity index (χ0) is 60.3. The molecule has 0 bridgehead atoms. The number of hydrogen-bond acceptors (Lipinski definition) is 14. The molecule has 0 unspecified atom stereocenters. The van der Waals surface area contributed by atoms with Gasteiger partial charge in [-0.2, -0.15) is 5.10 Å². The van der Waals surface area contributed by atoms with Crippen LogP contribution in [0.15, 0.2) is 42.0 Å². The number of amides is 5. The van der Waals surface area contributed by atoms with Gasteiger partial charge in [-0.15, -0.1) is 6.58 Å². The third-order valence-electron chi connectivity index (χ3n) is 13.5. The largest absolute Gasteiger partial charge is 0.379 e. The molecule has 22 heteroatoms. The highest BCUT2D eigenvalue weighted by molar-refractivity contribution is 6.06. The zero-order valence-corrected chi connectivity index (χ0v) is 51.2. The van der Waals surface area contributed by atoms with Gasteiger partial charge in [0.15, 0.2) is 5.69 Å². The van der Waals surface area contributed by atoms with E-state index in [2.05, 4.69) is 55.2 Å². The highest BCUT2D eigenvalue weighted by Crippen LogP contribution is 2.23. The minimum atomic E-state index is -0.882. The Labute approximate surface area is 495 Å². The number of aromatic nitrogens is 2. The van der Waals surface area contributed by atoms with Crippen molar-refractivity contribution in [3.63, 3.8) is 0 Å². The minimum Gasteiger partial charge on any atom is -0.379 e. The van der Waals surface area contributed by atoms with Crippen LogP contribution in [0.25, 0.3) is 21.3 Å². The molecule has 0 spiro atoms. The lowest BCUT2D eigenvalue weighted by Crippen LogP contribution is -2.54. The molecule has 2 aromatic rings. The van der Waals surface area contributed by atoms with Crippen LogP contribution in [-0.2, 0) is 58.9 Å². The van der Waals surface area contributed by atoms with Crippen LogP contribution in [0.2, 0.25) is 0 Å². The minimum absolute atomic E-state index is 0.0294. The number of ether oxygens (including phenoxy) is 7. The zero-order valence-electron chi connectivity index (χ0n) is 51.2. The van der Waals surface area contributed by atoms with Crippen LogP contribution in [0.4, 0.5) is 0 Å². The lowest BCUT2D eigenvalue weighted by molar-refractivity contribution is -0.130. The molecule has 5 N–H and O–H groups in total. The molecule has 0 aliphatic heterocycles. The summed E-state index contributed by atoms with van der Waals surface area (Å²) in [5.74, 6) is -1.67. The summed E-state index contributed by atoms with van der Waals surface area (Å²) >= 11 is 0. The first-order valence-corrected chi connectivity index (χ1v) is 31.0. The van der Waals surface area contributed by atoms with Gasteiger partial charge in [-0.05, 0) is 42.7 Å². The lowest BCUT2D eigenvalue weighted by atomic mass is 9.86. The smallest absolute Gasteiger partial charge is 0.273 e. The molecule has 0 fully saturated rings. The van der Waals surface area contributed by atoms with Gasteiger partial charge in [0.25, 0.3) is 5.91 Å². The first kappa shape index (κ1) is 73.9. The number of carbonyl (C=O) groups is 5. The second-order valence-electron chi connectivity index (χ2n) is 21.7. The molecule has 83 heavy (non-hydrogen) atoms. The molecule has 0 saturated heterocycles. The van der Waals surface area contributed by atoms with Crippen molar-refractivity contribution in [2.75, 3.05) is 119 Å². The molecule has 5 amide bonds. The van der Waals surface area contributed by atoms with E-state index in [0.29, 0.717) is 79.2 Å². The average Bonchev–Trinajstić information content (AvgIpc) is 4.13. The molecule has 22 nitrogen and oxygen atoms in total. The van der Waals surface area contributed by atoms with Gasteiger partial charge < -0.3 is 59.7 Å². The number of carbonyl (C=O) groups excluding carboxylic acids is 5. The third kappa shape index (κ3) is 38.4. The number of fused-ring (bicyclic) bond motifs is 1. The molecule has 1 heterocycles. The number of nitrogens with one attached hydrogen (secondary N) is 5. The van der Waals surface area contributed by atoms with E-state index in [1.165, 1.54) is 83.5 Å². The Morgan fingerprint density at radius 3 is 1.64 bits per heavy atom. The van der Waals surface area contributed by atoms with E-state index in [1.54, 1.807) is 0 Å². The van der Waals surface area contributed by atoms with Gasteiger partial charge >= 0.3 is 0 Å². The van der Waals surface area contributed by atoms with Gasteiger partial charge in [0.1, 0.15) is 12.1 Å². The van der Waals surface area contributed by atoms with Gasteiger partial charge in [0, 0.05) is 55.9 Å². The maximum atomic E-state index is 13.6. The Morgan fingerprint density at radius 2 is 1.10 bits per heavy atom. The molecule has 2 rings (SSSR count). The van der Waals surface area contributed by atoms with Crippen LogP contribution in [-0.4, -0.2) is 170 Å². The number of hydrogen-bond donors (Lipinski definition) is 5. The van der Waals surface area contributed by atoms with E-state index in [4.69, 9.17) is 38.7 Å².